The minimum atomic E-state index is -1.30. The maximum Gasteiger partial charge on any atom is 0.333 e. The van der Waals surface area contributed by atoms with Gasteiger partial charge in [-0.2, -0.15) is 10.4 Å². The van der Waals surface area contributed by atoms with Gasteiger partial charge < -0.3 is 14.4 Å². The SMILES string of the molecule is CCN1CC(C)(n2c(=O)c3c(C)c(-n4cccn4)sc3n(C[C@H](OCCC#N)c3ccccc3OC)c2=O)C1=O. The molecule has 12 heteroatoms. The number of thiophene rings is 1. The normalized spacial score (nSPS) is 17.6. The van der Waals surface area contributed by atoms with E-state index in [4.69, 9.17) is 14.7 Å². The molecule has 1 aromatic carbocycles. The first-order valence-electron chi connectivity index (χ1n) is 13.0. The van der Waals surface area contributed by atoms with E-state index in [1.54, 1.807) is 48.1 Å². The van der Waals surface area contributed by atoms with Crippen LogP contribution in [0.3, 0.4) is 0 Å². The summed E-state index contributed by atoms with van der Waals surface area (Å²) in [4.78, 5) is 43.5. The van der Waals surface area contributed by atoms with Gasteiger partial charge in [0.1, 0.15) is 27.2 Å². The molecule has 1 unspecified atom stereocenters. The predicted octanol–water partition coefficient (Wildman–Crippen LogP) is 2.98. The van der Waals surface area contributed by atoms with Gasteiger partial charge in [0.25, 0.3) is 11.5 Å². The number of fused-ring (bicyclic) bond motifs is 1. The van der Waals surface area contributed by atoms with Gasteiger partial charge in [0.2, 0.25) is 0 Å². The van der Waals surface area contributed by atoms with Crippen LogP contribution >= 0.6 is 11.3 Å². The van der Waals surface area contributed by atoms with Crippen molar-refractivity contribution >= 4 is 27.5 Å². The number of β-lactam (4-membered cyclic amide) rings is 1. The molecule has 0 spiro atoms. The van der Waals surface area contributed by atoms with Gasteiger partial charge in [0.05, 0.1) is 44.7 Å². The van der Waals surface area contributed by atoms with Crippen LogP contribution in [-0.4, -0.2) is 56.5 Å². The van der Waals surface area contributed by atoms with Crippen molar-refractivity contribution in [3.05, 3.63) is 74.7 Å². The van der Waals surface area contributed by atoms with Gasteiger partial charge in [-0.15, -0.1) is 0 Å². The summed E-state index contributed by atoms with van der Waals surface area (Å²) in [5.41, 5.74) is -1.04. The molecule has 1 aliphatic heterocycles. The van der Waals surface area contributed by atoms with E-state index in [2.05, 4.69) is 11.2 Å². The van der Waals surface area contributed by atoms with E-state index in [0.717, 1.165) is 4.57 Å². The second-order valence-electron chi connectivity index (χ2n) is 9.80. The molecule has 1 fully saturated rings. The summed E-state index contributed by atoms with van der Waals surface area (Å²) in [7, 11) is 1.55. The lowest BCUT2D eigenvalue weighted by Gasteiger charge is -2.46. The van der Waals surface area contributed by atoms with Crippen LogP contribution in [0.25, 0.3) is 15.2 Å². The quantitative estimate of drug-likeness (QED) is 0.215. The Hall–Kier alpha value is -4.21. The highest BCUT2D eigenvalue weighted by Crippen LogP contribution is 2.35. The van der Waals surface area contributed by atoms with Crippen molar-refractivity contribution in [2.24, 2.45) is 0 Å². The van der Waals surface area contributed by atoms with Gasteiger partial charge in [-0.05, 0) is 32.9 Å². The van der Waals surface area contributed by atoms with Gasteiger partial charge in [0, 0.05) is 30.1 Å². The zero-order valence-electron chi connectivity index (χ0n) is 22.8. The van der Waals surface area contributed by atoms with Crippen molar-refractivity contribution in [1.82, 2.24) is 23.8 Å². The topological polar surface area (TPSA) is 124 Å². The molecule has 2 atom stereocenters. The average molecular weight is 563 g/mol. The molecule has 0 aliphatic carbocycles. The highest BCUT2D eigenvalue weighted by molar-refractivity contribution is 7.21. The lowest BCUT2D eigenvalue weighted by molar-refractivity contribution is -0.156. The van der Waals surface area contributed by atoms with Gasteiger partial charge in [-0.25, -0.2) is 14.0 Å². The highest BCUT2D eigenvalue weighted by Gasteiger charge is 2.51. The van der Waals surface area contributed by atoms with E-state index >= 15 is 0 Å². The van der Waals surface area contributed by atoms with Gasteiger partial charge in [-0.1, -0.05) is 29.5 Å². The third-order valence-electron chi connectivity index (χ3n) is 7.39. The molecule has 3 aromatic heterocycles. The summed E-state index contributed by atoms with van der Waals surface area (Å²) in [5, 5.41) is 14.5. The fraction of sp³-hybridized carbons (Fsp3) is 0.393. The number of carbonyl (C=O) groups is 1. The summed E-state index contributed by atoms with van der Waals surface area (Å²) >= 11 is 1.28. The van der Waals surface area contributed by atoms with Crippen LogP contribution in [-0.2, 0) is 21.6 Å². The fourth-order valence-electron chi connectivity index (χ4n) is 5.31. The zero-order chi connectivity index (χ0) is 28.6. The van der Waals surface area contributed by atoms with Crippen LogP contribution in [0.4, 0.5) is 0 Å². The minimum Gasteiger partial charge on any atom is -0.496 e. The molecule has 0 N–H and O–H groups in total. The molecule has 1 amide bonds. The Morgan fingerprint density at radius 1 is 1.23 bits per heavy atom. The van der Waals surface area contributed by atoms with E-state index < -0.39 is 22.9 Å². The summed E-state index contributed by atoms with van der Waals surface area (Å²) in [6.07, 6.45) is 2.90. The summed E-state index contributed by atoms with van der Waals surface area (Å²) in [5.74, 6) is 0.299. The number of amides is 1. The van der Waals surface area contributed by atoms with Crippen LogP contribution in [0, 0.1) is 18.3 Å². The lowest BCUT2D eigenvalue weighted by Crippen LogP contribution is -2.70. The molecule has 208 valence electrons. The third kappa shape index (κ3) is 4.31. The number of benzene rings is 1. The Morgan fingerprint density at radius 2 is 2.00 bits per heavy atom. The number of para-hydroxylation sites is 1. The smallest absolute Gasteiger partial charge is 0.333 e. The Morgan fingerprint density at radius 3 is 2.65 bits per heavy atom. The number of hydrogen-bond donors (Lipinski definition) is 0. The number of aryl methyl sites for hydroxylation is 1. The molecule has 11 nitrogen and oxygen atoms in total. The number of aromatic nitrogens is 4. The average Bonchev–Trinajstić information content (AvgIpc) is 3.61. The van der Waals surface area contributed by atoms with Crippen molar-refractivity contribution in [2.45, 2.75) is 45.4 Å². The van der Waals surface area contributed by atoms with Crippen LogP contribution in [0.1, 0.15) is 37.5 Å². The summed E-state index contributed by atoms with van der Waals surface area (Å²) in [6, 6.07) is 11.2. The number of nitrogens with zero attached hydrogens (tertiary/aromatic N) is 6. The number of rotatable bonds is 10. The second kappa shape index (κ2) is 10.7. The minimum absolute atomic E-state index is 0.0294. The molecule has 1 aliphatic rings. The van der Waals surface area contributed by atoms with E-state index in [1.807, 2.05) is 32.0 Å². The Balaban J connectivity index is 1.76. The van der Waals surface area contributed by atoms with Crippen molar-refractivity contribution in [3.8, 4) is 16.8 Å². The lowest BCUT2D eigenvalue weighted by atomic mass is 9.90. The first kappa shape index (κ1) is 27.4. The zero-order valence-corrected chi connectivity index (χ0v) is 23.6. The standard InChI is InChI=1S/C28H30N6O5S/c1-5-31-17-28(3,26(31)36)34-23(35)22-18(2)24(33-14-9-13-30-33)40-25(22)32(27(34)37)16-21(39-15-8-12-29)19-10-6-7-11-20(19)38-4/h6-7,9-11,13-14,21H,5,8,15-17H2,1-4H3/t21-,28?/m0/s1. The van der Waals surface area contributed by atoms with E-state index in [1.165, 1.54) is 15.9 Å². The number of ether oxygens (including phenoxy) is 2. The third-order valence-corrected chi connectivity index (χ3v) is 8.69. The number of nitriles is 1. The molecular weight excluding hydrogens is 532 g/mol. The Labute approximate surface area is 234 Å². The van der Waals surface area contributed by atoms with Crippen molar-refractivity contribution in [1.29, 1.82) is 5.26 Å². The van der Waals surface area contributed by atoms with Crippen molar-refractivity contribution in [2.75, 3.05) is 26.8 Å². The number of hydrogen-bond acceptors (Lipinski definition) is 8. The van der Waals surface area contributed by atoms with E-state index in [0.29, 0.717) is 38.6 Å². The molecule has 4 aromatic rings. The molecule has 0 bridgehead atoms. The summed E-state index contributed by atoms with van der Waals surface area (Å²) < 4.78 is 16.0. The monoisotopic (exact) mass is 562 g/mol. The maximum atomic E-state index is 14.2. The second-order valence-corrected chi connectivity index (χ2v) is 10.8. The highest BCUT2D eigenvalue weighted by atomic mass is 32.1. The Bertz CT molecular complexity index is 1730. The number of likely N-dealkylation sites (N-methyl/N-ethyl adjacent to an activating group) is 1. The summed E-state index contributed by atoms with van der Waals surface area (Å²) in [6.45, 7) is 6.23. The first-order chi connectivity index (χ1) is 19.3. The molecule has 1 saturated heterocycles. The van der Waals surface area contributed by atoms with Gasteiger partial charge in [-0.3, -0.25) is 14.2 Å². The number of carbonyl (C=O) groups excluding carboxylic acids is 1. The largest absolute Gasteiger partial charge is 0.496 e. The van der Waals surface area contributed by atoms with Gasteiger partial charge >= 0.3 is 5.69 Å². The van der Waals surface area contributed by atoms with Crippen LogP contribution in [0.5, 0.6) is 5.75 Å². The molecule has 40 heavy (non-hydrogen) atoms. The van der Waals surface area contributed by atoms with Crippen LogP contribution < -0.4 is 16.0 Å². The Kier molecular flexibility index (Phi) is 7.35. The van der Waals surface area contributed by atoms with Crippen molar-refractivity contribution in [3.63, 3.8) is 0 Å². The molecule has 0 radical (unpaired) electrons. The molecule has 5 rings (SSSR count). The molecular formula is C28H30N6O5S. The first-order valence-corrected chi connectivity index (χ1v) is 13.8. The van der Waals surface area contributed by atoms with Crippen molar-refractivity contribution < 1.29 is 14.3 Å². The van der Waals surface area contributed by atoms with Crippen LogP contribution in [0.2, 0.25) is 0 Å². The maximum absolute atomic E-state index is 14.2. The number of likely N-dealkylation sites (tertiary alicyclic amines) is 1. The fourth-order valence-corrected chi connectivity index (χ4v) is 6.55. The van der Waals surface area contributed by atoms with E-state index in [-0.39, 0.29) is 32.0 Å². The molecule has 0 saturated carbocycles. The number of methoxy groups -OCH3 is 1. The van der Waals surface area contributed by atoms with Gasteiger partial charge in [0.15, 0.2) is 0 Å². The van der Waals surface area contributed by atoms with Crippen LogP contribution in [0.15, 0.2) is 52.3 Å². The predicted molar refractivity (Wildman–Crippen MR) is 150 cm³/mol. The van der Waals surface area contributed by atoms with E-state index in [9.17, 15) is 14.4 Å². The molecule has 4 heterocycles.